The fraction of sp³-hybridized carbons (Fsp3) is 0.429. The zero-order valence-electron chi connectivity index (χ0n) is 9.99. The van der Waals surface area contributed by atoms with E-state index in [-0.39, 0.29) is 6.04 Å². The average molecular weight is 217 g/mol. The largest absolute Gasteiger partial charge is 0.496 e. The quantitative estimate of drug-likeness (QED) is 0.840. The molecule has 0 bridgehead atoms. The first-order valence-corrected chi connectivity index (χ1v) is 5.88. The van der Waals surface area contributed by atoms with Gasteiger partial charge in [0.05, 0.1) is 12.6 Å². The Bertz CT molecular complexity index is 384. The smallest absolute Gasteiger partial charge is 0.113 e. The van der Waals surface area contributed by atoms with Crippen LogP contribution in [-0.2, 0) is 4.74 Å². The molecule has 1 N–H and O–H groups in total. The summed E-state index contributed by atoms with van der Waals surface area (Å²) in [5.41, 5.74) is 2.61. The van der Waals surface area contributed by atoms with Crippen LogP contribution in [0.2, 0.25) is 0 Å². The molecular weight excluding hydrogens is 198 g/mol. The molecule has 1 aliphatic heterocycles. The fourth-order valence-electron chi connectivity index (χ4n) is 2.14. The summed E-state index contributed by atoms with van der Waals surface area (Å²) in [7, 11) is 1.98. The minimum atomic E-state index is 0.196. The van der Waals surface area contributed by atoms with Gasteiger partial charge < -0.3 is 10.1 Å². The van der Waals surface area contributed by atoms with E-state index in [9.17, 15) is 0 Å². The summed E-state index contributed by atoms with van der Waals surface area (Å²) in [5, 5.41) is 3.34. The molecule has 0 spiro atoms. The fourth-order valence-corrected chi connectivity index (χ4v) is 2.14. The van der Waals surface area contributed by atoms with Crippen LogP contribution in [0.5, 0.6) is 0 Å². The van der Waals surface area contributed by atoms with Crippen LogP contribution in [-0.4, -0.2) is 13.7 Å². The second-order valence-corrected chi connectivity index (χ2v) is 4.18. The summed E-state index contributed by atoms with van der Waals surface area (Å²) in [6.07, 6.45) is 4.46. The van der Waals surface area contributed by atoms with Gasteiger partial charge in [0.15, 0.2) is 0 Å². The van der Waals surface area contributed by atoms with Gasteiger partial charge >= 0.3 is 0 Å². The van der Waals surface area contributed by atoms with Crippen molar-refractivity contribution in [1.29, 1.82) is 0 Å². The van der Waals surface area contributed by atoms with Crippen molar-refractivity contribution in [3.8, 4) is 0 Å². The molecule has 86 valence electrons. The van der Waals surface area contributed by atoms with Gasteiger partial charge in [-0.3, -0.25) is 0 Å². The van der Waals surface area contributed by atoms with Gasteiger partial charge in [0.1, 0.15) is 5.76 Å². The Kier molecular flexibility index (Phi) is 3.62. The number of likely N-dealkylation sites (N-methyl/N-ethyl adjacent to an activating group) is 1. The number of benzene rings is 1. The third-order valence-electron chi connectivity index (χ3n) is 3.04. The van der Waals surface area contributed by atoms with Crippen LogP contribution >= 0.6 is 0 Å². The average Bonchev–Trinajstić information content (AvgIpc) is 2.34. The highest BCUT2D eigenvalue weighted by Crippen LogP contribution is 2.27. The molecule has 2 heteroatoms. The minimum absolute atomic E-state index is 0.196. The summed E-state index contributed by atoms with van der Waals surface area (Å²) < 4.78 is 5.74. The van der Waals surface area contributed by atoms with Crippen molar-refractivity contribution in [3.05, 3.63) is 47.2 Å². The number of rotatable bonds is 3. The summed E-state index contributed by atoms with van der Waals surface area (Å²) in [6.45, 7) is 2.99. The van der Waals surface area contributed by atoms with Gasteiger partial charge in [-0.05, 0) is 44.0 Å². The Morgan fingerprint density at radius 1 is 1.31 bits per heavy atom. The molecule has 1 aromatic carbocycles. The van der Waals surface area contributed by atoms with Gasteiger partial charge in [-0.15, -0.1) is 0 Å². The van der Waals surface area contributed by atoms with E-state index in [1.165, 1.54) is 11.1 Å². The standard InChI is InChI=1S/C14H19NO/c1-11-7-3-4-8-12(11)14(15-2)13-9-5-6-10-16-13/h3-4,7-9,14-15H,5-6,10H2,1-2H3. The molecule has 2 rings (SSSR count). The molecule has 16 heavy (non-hydrogen) atoms. The van der Waals surface area contributed by atoms with Gasteiger partial charge in [-0.25, -0.2) is 0 Å². The maximum Gasteiger partial charge on any atom is 0.113 e. The second-order valence-electron chi connectivity index (χ2n) is 4.18. The topological polar surface area (TPSA) is 21.3 Å². The normalized spacial score (nSPS) is 17.5. The first kappa shape index (κ1) is 11.2. The number of nitrogens with one attached hydrogen (secondary N) is 1. The van der Waals surface area contributed by atoms with Crippen molar-refractivity contribution in [3.63, 3.8) is 0 Å². The van der Waals surface area contributed by atoms with Crippen LogP contribution < -0.4 is 5.32 Å². The number of allylic oxidation sites excluding steroid dienone is 1. The molecule has 2 nitrogen and oxygen atoms in total. The summed E-state index contributed by atoms with van der Waals surface area (Å²) in [6, 6.07) is 8.65. The Labute approximate surface area is 97.3 Å². The van der Waals surface area contributed by atoms with Crippen LogP contribution in [0.1, 0.15) is 30.0 Å². The molecule has 1 heterocycles. The Hall–Kier alpha value is -1.28. The van der Waals surface area contributed by atoms with Gasteiger partial charge in [0.25, 0.3) is 0 Å². The molecule has 1 atom stereocenters. The van der Waals surface area contributed by atoms with E-state index in [1.54, 1.807) is 0 Å². The maximum absolute atomic E-state index is 5.74. The van der Waals surface area contributed by atoms with Crippen molar-refractivity contribution in [2.45, 2.75) is 25.8 Å². The van der Waals surface area contributed by atoms with E-state index < -0.39 is 0 Å². The van der Waals surface area contributed by atoms with Crippen molar-refractivity contribution in [2.24, 2.45) is 0 Å². The number of aryl methyl sites for hydroxylation is 1. The monoisotopic (exact) mass is 217 g/mol. The molecule has 1 unspecified atom stereocenters. The predicted octanol–water partition coefficient (Wildman–Crippen LogP) is 2.95. The van der Waals surface area contributed by atoms with Gasteiger partial charge in [-0.1, -0.05) is 24.3 Å². The Morgan fingerprint density at radius 2 is 2.12 bits per heavy atom. The maximum atomic E-state index is 5.74. The van der Waals surface area contributed by atoms with Crippen LogP contribution in [0, 0.1) is 6.92 Å². The molecule has 0 saturated carbocycles. The second kappa shape index (κ2) is 5.17. The molecule has 0 aromatic heterocycles. The number of hydrogen-bond donors (Lipinski definition) is 1. The van der Waals surface area contributed by atoms with E-state index in [0.29, 0.717) is 0 Å². The van der Waals surface area contributed by atoms with Gasteiger partial charge in [-0.2, -0.15) is 0 Å². The summed E-state index contributed by atoms with van der Waals surface area (Å²) in [4.78, 5) is 0. The van der Waals surface area contributed by atoms with Crippen LogP contribution in [0.4, 0.5) is 0 Å². The van der Waals surface area contributed by atoms with E-state index in [4.69, 9.17) is 4.74 Å². The lowest BCUT2D eigenvalue weighted by atomic mass is 9.98. The van der Waals surface area contributed by atoms with E-state index in [1.807, 2.05) is 7.05 Å². The summed E-state index contributed by atoms with van der Waals surface area (Å²) in [5.74, 6) is 1.07. The lowest BCUT2D eigenvalue weighted by Gasteiger charge is -2.24. The predicted molar refractivity (Wildman–Crippen MR) is 66.2 cm³/mol. The molecule has 1 aliphatic rings. The molecule has 1 aromatic rings. The van der Waals surface area contributed by atoms with Crippen molar-refractivity contribution in [1.82, 2.24) is 5.32 Å². The van der Waals surface area contributed by atoms with E-state index in [2.05, 4.69) is 42.6 Å². The Balaban J connectivity index is 2.28. The lowest BCUT2D eigenvalue weighted by Crippen LogP contribution is -2.22. The van der Waals surface area contributed by atoms with Crippen LogP contribution in [0.15, 0.2) is 36.1 Å². The third-order valence-corrected chi connectivity index (χ3v) is 3.04. The minimum Gasteiger partial charge on any atom is -0.496 e. The molecule has 0 amide bonds. The van der Waals surface area contributed by atoms with Crippen molar-refractivity contribution < 1.29 is 4.74 Å². The number of hydrogen-bond acceptors (Lipinski definition) is 2. The van der Waals surface area contributed by atoms with Crippen molar-refractivity contribution in [2.75, 3.05) is 13.7 Å². The van der Waals surface area contributed by atoms with Gasteiger partial charge in [0.2, 0.25) is 0 Å². The van der Waals surface area contributed by atoms with E-state index >= 15 is 0 Å². The van der Waals surface area contributed by atoms with Crippen LogP contribution in [0.3, 0.4) is 0 Å². The highest BCUT2D eigenvalue weighted by atomic mass is 16.5. The molecule has 0 fully saturated rings. The first-order chi connectivity index (χ1) is 7.83. The molecular formula is C14H19NO. The highest BCUT2D eigenvalue weighted by molar-refractivity contribution is 5.33. The Morgan fingerprint density at radius 3 is 2.75 bits per heavy atom. The molecule has 0 saturated heterocycles. The van der Waals surface area contributed by atoms with Crippen molar-refractivity contribution >= 4 is 0 Å². The lowest BCUT2D eigenvalue weighted by molar-refractivity contribution is 0.169. The zero-order chi connectivity index (χ0) is 11.4. The van der Waals surface area contributed by atoms with Gasteiger partial charge in [0, 0.05) is 0 Å². The SMILES string of the molecule is CNC(C1=CCCCO1)c1ccccc1C. The van der Waals surface area contributed by atoms with E-state index in [0.717, 1.165) is 25.2 Å². The third kappa shape index (κ3) is 2.27. The van der Waals surface area contributed by atoms with Crippen LogP contribution in [0.25, 0.3) is 0 Å². The number of ether oxygens (including phenoxy) is 1. The first-order valence-electron chi connectivity index (χ1n) is 5.88. The highest BCUT2D eigenvalue weighted by Gasteiger charge is 2.19. The molecule has 0 radical (unpaired) electrons. The summed E-state index contributed by atoms with van der Waals surface area (Å²) >= 11 is 0. The molecule has 0 aliphatic carbocycles. The zero-order valence-corrected chi connectivity index (χ0v) is 9.99.